The van der Waals surface area contributed by atoms with E-state index >= 15 is 0 Å². The van der Waals surface area contributed by atoms with Gasteiger partial charge >= 0.3 is 12.5 Å². The van der Waals surface area contributed by atoms with E-state index in [1.54, 1.807) is 0 Å². The van der Waals surface area contributed by atoms with E-state index in [0.29, 0.717) is 12.1 Å². The standard InChI is InChI=1S/C10H5BrF6O2/c11-4-7(18)6-2-1-5(9(12,13)14)3-8(6)19-10(15,16)17/h1-3H,4H2. The fraction of sp³-hybridized carbons (Fsp3) is 0.300. The molecule has 0 aromatic heterocycles. The maximum Gasteiger partial charge on any atom is 0.573 e. The van der Waals surface area contributed by atoms with Gasteiger partial charge in [0.15, 0.2) is 5.78 Å². The molecule has 0 saturated carbocycles. The smallest absolute Gasteiger partial charge is 0.405 e. The molecule has 0 heterocycles. The fourth-order valence-corrected chi connectivity index (χ4v) is 1.51. The summed E-state index contributed by atoms with van der Waals surface area (Å²) in [5.41, 5.74) is -1.92. The van der Waals surface area contributed by atoms with Gasteiger partial charge < -0.3 is 4.74 Å². The van der Waals surface area contributed by atoms with Gasteiger partial charge in [-0.05, 0) is 18.2 Å². The van der Waals surface area contributed by atoms with Crippen molar-refractivity contribution in [3.05, 3.63) is 29.3 Å². The zero-order valence-corrected chi connectivity index (χ0v) is 10.5. The summed E-state index contributed by atoms with van der Waals surface area (Å²) < 4.78 is 76.9. The van der Waals surface area contributed by atoms with E-state index in [-0.39, 0.29) is 11.4 Å². The molecule has 0 amide bonds. The van der Waals surface area contributed by atoms with Crippen molar-refractivity contribution in [1.29, 1.82) is 0 Å². The van der Waals surface area contributed by atoms with Gasteiger partial charge in [-0.3, -0.25) is 4.79 Å². The van der Waals surface area contributed by atoms with Crippen LogP contribution in [0.15, 0.2) is 18.2 Å². The van der Waals surface area contributed by atoms with E-state index in [9.17, 15) is 31.1 Å². The Bertz CT molecular complexity index is 480. The largest absolute Gasteiger partial charge is 0.573 e. The van der Waals surface area contributed by atoms with Gasteiger partial charge in [-0.25, -0.2) is 0 Å². The molecule has 1 aromatic carbocycles. The van der Waals surface area contributed by atoms with Crippen molar-refractivity contribution < 1.29 is 35.9 Å². The van der Waals surface area contributed by atoms with Crippen molar-refractivity contribution >= 4 is 21.7 Å². The van der Waals surface area contributed by atoms with E-state index < -0.39 is 35.2 Å². The topological polar surface area (TPSA) is 26.3 Å². The molecule has 0 aliphatic heterocycles. The molecule has 1 rings (SSSR count). The second-order valence-electron chi connectivity index (χ2n) is 3.31. The van der Waals surface area contributed by atoms with Crippen LogP contribution in [0.4, 0.5) is 26.3 Å². The third kappa shape index (κ3) is 4.41. The summed E-state index contributed by atoms with van der Waals surface area (Å²) in [7, 11) is 0. The lowest BCUT2D eigenvalue weighted by Crippen LogP contribution is -2.20. The molecule has 0 saturated heterocycles. The highest BCUT2D eigenvalue weighted by molar-refractivity contribution is 9.09. The van der Waals surface area contributed by atoms with Gasteiger partial charge in [-0.2, -0.15) is 13.2 Å². The minimum atomic E-state index is -5.19. The van der Waals surface area contributed by atoms with Crippen LogP contribution in [-0.4, -0.2) is 17.5 Å². The molecular formula is C10H5BrF6O2. The van der Waals surface area contributed by atoms with E-state index in [2.05, 4.69) is 20.7 Å². The number of ketones is 1. The molecular weight excluding hydrogens is 346 g/mol. The van der Waals surface area contributed by atoms with Crippen LogP contribution >= 0.6 is 15.9 Å². The van der Waals surface area contributed by atoms with E-state index in [4.69, 9.17) is 0 Å². The van der Waals surface area contributed by atoms with Gasteiger partial charge in [0.25, 0.3) is 0 Å². The lowest BCUT2D eigenvalue weighted by atomic mass is 10.1. The first-order valence-electron chi connectivity index (χ1n) is 4.61. The van der Waals surface area contributed by atoms with Gasteiger partial charge in [0, 0.05) is 0 Å². The molecule has 2 nitrogen and oxygen atoms in total. The molecule has 0 atom stereocenters. The Labute approximate surface area is 111 Å². The number of rotatable bonds is 3. The summed E-state index contributed by atoms with van der Waals surface area (Å²) >= 11 is 2.71. The van der Waals surface area contributed by atoms with E-state index in [0.717, 1.165) is 0 Å². The summed E-state index contributed by atoms with van der Waals surface area (Å²) in [5.74, 6) is -2.00. The number of alkyl halides is 7. The lowest BCUT2D eigenvalue weighted by Gasteiger charge is -2.14. The van der Waals surface area contributed by atoms with Crippen LogP contribution in [-0.2, 0) is 6.18 Å². The number of ether oxygens (including phenoxy) is 1. The van der Waals surface area contributed by atoms with Crippen LogP contribution < -0.4 is 4.74 Å². The monoisotopic (exact) mass is 350 g/mol. The maximum atomic E-state index is 12.4. The maximum absolute atomic E-state index is 12.4. The Hall–Kier alpha value is -1.25. The molecule has 19 heavy (non-hydrogen) atoms. The summed E-state index contributed by atoms with van der Waals surface area (Å²) in [6.07, 6.45) is -10.0. The number of hydrogen-bond acceptors (Lipinski definition) is 2. The lowest BCUT2D eigenvalue weighted by molar-refractivity contribution is -0.274. The zero-order chi connectivity index (χ0) is 14.8. The summed E-state index contributed by atoms with van der Waals surface area (Å²) in [4.78, 5) is 11.3. The molecule has 106 valence electrons. The van der Waals surface area contributed by atoms with Crippen molar-refractivity contribution in [3.63, 3.8) is 0 Å². The number of hydrogen-bond donors (Lipinski definition) is 0. The van der Waals surface area contributed by atoms with Crippen molar-refractivity contribution in [2.75, 3.05) is 5.33 Å². The van der Waals surface area contributed by atoms with Gasteiger partial charge in [0.1, 0.15) is 5.75 Å². The average Bonchev–Trinajstić information content (AvgIpc) is 2.24. The predicted molar refractivity (Wildman–Crippen MR) is 56.3 cm³/mol. The molecule has 0 radical (unpaired) electrons. The molecule has 0 bridgehead atoms. The normalized spacial score (nSPS) is 12.4. The van der Waals surface area contributed by atoms with Crippen LogP contribution in [0, 0.1) is 0 Å². The van der Waals surface area contributed by atoms with Crippen LogP contribution in [0.3, 0.4) is 0 Å². The first-order valence-corrected chi connectivity index (χ1v) is 5.73. The fourth-order valence-electron chi connectivity index (χ4n) is 1.21. The van der Waals surface area contributed by atoms with Crippen LogP contribution in [0.2, 0.25) is 0 Å². The SMILES string of the molecule is O=C(CBr)c1ccc(C(F)(F)F)cc1OC(F)(F)F. The summed E-state index contributed by atoms with van der Waals surface area (Å²) in [5, 5.41) is -0.341. The van der Waals surface area contributed by atoms with Gasteiger partial charge in [-0.15, -0.1) is 13.2 Å². The van der Waals surface area contributed by atoms with Crippen LogP contribution in [0.1, 0.15) is 15.9 Å². The highest BCUT2D eigenvalue weighted by atomic mass is 79.9. The number of benzene rings is 1. The number of halogens is 7. The molecule has 0 aliphatic rings. The average molecular weight is 351 g/mol. The Balaban J connectivity index is 3.30. The van der Waals surface area contributed by atoms with E-state index in [1.165, 1.54) is 0 Å². The Kier molecular flexibility index (Phi) is 4.49. The Morgan fingerprint density at radius 3 is 2.16 bits per heavy atom. The Morgan fingerprint density at radius 1 is 1.16 bits per heavy atom. The molecule has 9 heteroatoms. The van der Waals surface area contributed by atoms with Crippen molar-refractivity contribution in [3.8, 4) is 5.75 Å². The summed E-state index contributed by atoms with van der Waals surface area (Å²) in [6.45, 7) is 0. The van der Waals surface area contributed by atoms with Gasteiger partial charge in [0.2, 0.25) is 0 Å². The first kappa shape index (κ1) is 15.8. The van der Waals surface area contributed by atoms with Crippen LogP contribution in [0.25, 0.3) is 0 Å². The van der Waals surface area contributed by atoms with Crippen molar-refractivity contribution in [2.45, 2.75) is 12.5 Å². The first-order chi connectivity index (χ1) is 8.54. The minimum absolute atomic E-state index is 0.142. The number of carbonyl (C=O) groups excluding carboxylic acids is 1. The second kappa shape index (κ2) is 5.40. The van der Waals surface area contributed by atoms with Gasteiger partial charge in [0.05, 0.1) is 16.5 Å². The summed E-state index contributed by atoms with van der Waals surface area (Å²) in [6, 6.07) is 1.30. The highest BCUT2D eigenvalue weighted by Gasteiger charge is 2.36. The molecule has 0 fully saturated rings. The third-order valence-electron chi connectivity index (χ3n) is 1.96. The second-order valence-corrected chi connectivity index (χ2v) is 3.87. The van der Waals surface area contributed by atoms with Crippen molar-refractivity contribution in [1.82, 2.24) is 0 Å². The molecule has 0 unspecified atom stereocenters. The zero-order valence-electron chi connectivity index (χ0n) is 8.90. The Morgan fingerprint density at radius 2 is 1.74 bits per heavy atom. The molecule has 0 spiro atoms. The quantitative estimate of drug-likeness (QED) is 0.464. The highest BCUT2D eigenvalue weighted by Crippen LogP contribution is 2.35. The molecule has 1 aromatic rings. The predicted octanol–water partition coefficient (Wildman–Crippen LogP) is 4.18. The molecule has 0 aliphatic carbocycles. The minimum Gasteiger partial charge on any atom is -0.405 e. The van der Waals surface area contributed by atoms with Crippen LogP contribution in [0.5, 0.6) is 5.75 Å². The number of carbonyl (C=O) groups is 1. The molecule has 0 N–H and O–H groups in total. The van der Waals surface area contributed by atoms with Gasteiger partial charge in [-0.1, -0.05) is 15.9 Å². The third-order valence-corrected chi connectivity index (χ3v) is 2.47. The van der Waals surface area contributed by atoms with E-state index in [1.807, 2.05) is 0 Å². The number of Topliss-reactive ketones (excluding diaryl/α,β-unsaturated/α-hetero) is 1. The van der Waals surface area contributed by atoms with Crippen molar-refractivity contribution in [2.24, 2.45) is 0 Å².